The highest BCUT2D eigenvalue weighted by Gasteiger charge is 2.27. The lowest BCUT2D eigenvalue weighted by atomic mass is 10.0. The molecule has 1 aliphatic heterocycles. The number of carbonyl (C=O) groups is 2. The van der Waals surface area contributed by atoms with Gasteiger partial charge in [0, 0.05) is 17.8 Å². The van der Waals surface area contributed by atoms with E-state index < -0.39 is 24.6 Å². The lowest BCUT2D eigenvalue weighted by Gasteiger charge is -2.25. The van der Waals surface area contributed by atoms with Crippen molar-refractivity contribution in [2.24, 2.45) is 11.7 Å². The van der Waals surface area contributed by atoms with Gasteiger partial charge in [-0.3, -0.25) is 15.0 Å². The Bertz CT molecular complexity index is 1030. The van der Waals surface area contributed by atoms with Crippen LogP contribution < -0.4 is 31.2 Å². The number of hydrogen-bond acceptors (Lipinski definition) is 7. The predicted molar refractivity (Wildman–Crippen MR) is 130 cm³/mol. The van der Waals surface area contributed by atoms with Gasteiger partial charge in [-0.1, -0.05) is 32.0 Å². The van der Waals surface area contributed by atoms with Crippen molar-refractivity contribution in [3.05, 3.63) is 53.6 Å². The fourth-order valence-corrected chi connectivity index (χ4v) is 3.31. The van der Waals surface area contributed by atoms with Crippen LogP contribution in [0.4, 0.5) is 5.69 Å². The van der Waals surface area contributed by atoms with Gasteiger partial charge >= 0.3 is 0 Å². The van der Waals surface area contributed by atoms with Crippen LogP contribution in [-0.4, -0.2) is 48.2 Å². The first-order chi connectivity index (χ1) is 15.8. The second-order valence-corrected chi connectivity index (χ2v) is 8.01. The number of aliphatic hydroxyl groups excluding tert-OH is 1. The van der Waals surface area contributed by atoms with Gasteiger partial charge in [0.2, 0.25) is 18.6 Å². The highest BCUT2D eigenvalue weighted by atomic mass is 35.5. The summed E-state index contributed by atoms with van der Waals surface area (Å²) in [4.78, 5) is 25.6. The summed E-state index contributed by atoms with van der Waals surface area (Å²) < 4.78 is 10.6. The molecule has 0 fully saturated rings. The van der Waals surface area contributed by atoms with Crippen LogP contribution in [0.2, 0.25) is 0 Å². The fourth-order valence-electron chi connectivity index (χ4n) is 3.31. The van der Waals surface area contributed by atoms with Crippen LogP contribution in [0.3, 0.4) is 0 Å². The van der Waals surface area contributed by atoms with Crippen LogP contribution in [-0.2, 0) is 16.1 Å². The average molecular weight is 492 g/mol. The molecule has 7 N–H and O–H groups in total. The number of nitrogens with two attached hydrogens (primary N) is 1. The number of carbonyl (C=O) groups excluding carboxylic acids is 2. The van der Waals surface area contributed by atoms with E-state index in [1.54, 1.807) is 36.4 Å². The number of amidine groups is 1. The number of nitrogen functional groups attached to an aromatic ring is 1. The fraction of sp³-hybridized carbons (Fsp3) is 0.348. The van der Waals surface area contributed by atoms with Gasteiger partial charge in [-0.15, -0.1) is 12.4 Å². The standard InChI is InChI=1S/C23H29N5O5.ClH/c1-13(2)20(23(31)26-10-14-6-7-18-19(8-14)33-12-32-18)28-22(30)17(11-29)27-16-5-3-4-15(9-16)21(24)25;/h3-9,13,17,20,27,29H,10-12H2,1-2H3,(H3,24,25)(H,26,31)(H,28,30);1H. The summed E-state index contributed by atoms with van der Waals surface area (Å²) in [7, 11) is 0. The normalized spacial score (nSPS) is 13.4. The molecule has 1 aliphatic rings. The number of benzene rings is 2. The van der Waals surface area contributed by atoms with Crippen molar-refractivity contribution >= 4 is 35.7 Å². The molecule has 0 saturated heterocycles. The van der Waals surface area contributed by atoms with E-state index >= 15 is 0 Å². The quantitative estimate of drug-likeness (QED) is 0.216. The molecule has 10 nitrogen and oxygen atoms in total. The molecular weight excluding hydrogens is 462 g/mol. The zero-order chi connectivity index (χ0) is 24.0. The molecule has 184 valence electrons. The Balaban J connectivity index is 0.00000408. The lowest BCUT2D eigenvalue weighted by molar-refractivity contribution is -0.130. The molecule has 2 aromatic carbocycles. The SMILES string of the molecule is CC(C)C(NC(=O)C(CO)Nc1cccc(C(=N)N)c1)C(=O)NCc1ccc2c(c1)OCO2.Cl. The minimum Gasteiger partial charge on any atom is -0.454 e. The first kappa shape index (κ1) is 26.7. The summed E-state index contributed by atoms with van der Waals surface area (Å²) in [6.45, 7) is 3.59. The van der Waals surface area contributed by atoms with Crippen molar-refractivity contribution in [2.75, 3.05) is 18.7 Å². The van der Waals surface area contributed by atoms with E-state index in [2.05, 4.69) is 16.0 Å². The number of nitrogens with one attached hydrogen (secondary N) is 4. The van der Waals surface area contributed by atoms with E-state index in [0.29, 0.717) is 22.7 Å². The van der Waals surface area contributed by atoms with Gasteiger partial charge in [-0.05, 0) is 35.7 Å². The number of anilines is 1. The Hall–Kier alpha value is -3.50. The van der Waals surface area contributed by atoms with Gasteiger partial charge in [0.15, 0.2) is 11.5 Å². The molecule has 2 unspecified atom stereocenters. The van der Waals surface area contributed by atoms with Crippen molar-refractivity contribution in [1.29, 1.82) is 5.41 Å². The third-order valence-electron chi connectivity index (χ3n) is 5.16. The zero-order valence-corrected chi connectivity index (χ0v) is 19.8. The van der Waals surface area contributed by atoms with E-state index in [1.807, 2.05) is 19.9 Å². The van der Waals surface area contributed by atoms with Crippen molar-refractivity contribution < 1.29 is 24.2 Å². The smallest absolute Gasteiger partial charge is 0.245 e. The van der Waals surface area contributed by atoms with Crippen LogP contribution >= 0.6 is 12.4 Å². The van der Waals surface area contributed by atoms with E-state index in [4.69, 9.17) is 20.6 Å². The summed E-state index contributed by atoms with van der Waals surface area (Å²) in [5, 5.41) is 25.7. The number of rotatable bonds is 10. The van der Waals surface area contributed by atoms with E-state index in [9.17, 15) is 14.7 Å². The van der Waals surface area contributed by atoms with Gasteiger partial charge in [0.25, 0.3) is 0 Å². The van der Waals surface area contributed by atoms with Crippen molar-refractivity contribution in [3.63, 3.8) is 0 Å². The van der Waals surface area contributed by atoms with Crippen LogP contribution in [0, 0.1) is 11.3 Å². The number of aliphatic hydroxyl groups is 1. The third kappa shape index (κ3) is 6.75. The molecule has 0 spiro atoms. The summed E-state index contributed by atoms with van der Waals surface area (Å²) in [6.07, 6.45) is 0. The van der Waals surface area contributed by atoms with E-state index in [1.165, 1.54) is 0 Å². The summed E-state index contributed by atoms with van der Waals surface area (Å²) >= 11 is 0. The molecule has 0 bridgehead atoms. The number of ether oxygens (including phenoxy) is 2. The van der Waals surface area contributed by atoms with Crippen LogP contribution in [0.25, 0.3) is 0 Å². The molecule has 0 aliphatic carbocycles. The van der Waals surface area contributed by atoms with Gasteiger partial charge in [-0.2, -0.15) is 0 Å². The molecule has 2 atom stereocenters. The van der Waals surface area contributed by atoms with Gasteiger partial charge < -0.3 is 36.3 Å². The largest absolute Gasteiger partial charge is 0.454 e. The molecule has 2 aromatic rings. The topological polar surface area (TPSA) is 159 Å². The van der Waals surface area contributed by atoms with Crippen LogP contribution in [0.15, 0.2) is 42.5 Å². The molecule has 0 radical (unpaired) electrons. The Morgan fingerprint density at radius 3 is 2.53 bits per heavy atom. The molecule has 0 saturated carbocycles. The second-order valence-electron chi connectivity index (χ2n) is 8.01. The average Bonchev–Trinajstić information content (AvgIpc) is 3.27. The number of halogens is 1. The lowest BCUT2D eigenvalue weighted by Crippen LogP contribution is -2.54. The van der Waals surface area contributed by atoms with Gasteiger partial charge in [-0.25, -0.2) is 0 Å². The van der Waals surface area contributed by atoms with Gasteiger partial charge in [0.1, 0.15) is 17.9 Å². The third-order valence-corrected chi connectivity index (χ3v) is 5.16. The maximum atomic E-state index is 12.8. The summed E-state index contributed by atoms with van der Waals surface area (Å²) in [6, 6.07) is 10.3. The molecular formula is C23H30ClN5O5. The molecule has 0 aromatic heterocycles. The maximum Gasteiger partial charge on any atom is 0.245 e. The van der Waals surface area contributed by atoms with Gasteiger partial charge in [0.05, 0.1) is 6.61 Å². The Kier molecular flexibility index (Phi) is 9.52. The number of fused-ring (bicyclic) bond motifs is 1. The highest BCUT2D eigenvalue weighted by Crippen LogP contribution is 2.32. The first-order valence-corrected chi connectivity index (χ1v) is 10.6. The predicted octanol–water partition coefficient (Wildman–Crippen LogP) is 1.35. The molecule has 11 heteroatoms. The molecule has 34 heavy (non-hydrogen) atoms. The highest BCUT2D eigenvalue weighted by molar-refractivity contribution is 5.96. The number of amides is 2. The monoisotopic (exact) mass is 491 g/mol. The summed E-state index contributed by atoms with van der Waals surface area (Å²) in [5.74, 6) is 0.123. The van der Waals surface area contributed by atoms with E-state index in [0.717, 1.165) is 5.56 Å². The Morgan fingerprint density at radius 2 is 1.85 bits per heavy atom. The van der Waals surface area contributed by atoms with Crippen molar-refractivity contribution in [1.82, 2.24) is 10.6 Å². The molecule has 3 rings (SSSR count). The molecule has 1 heterocycles. The van der Waals surface area contributed by atoms with Crippen molar-refractivity contribution in [2.45, 2.75) is 32.5 Å². The first-order valence-electron chi connectivity index (χ1n) is 10.6. The second kappa shape index (κ2) is 12.1. The minimum absolute atomic E-state index is 0. The Morgan fingerprint density at radius 1 is 1.12 bits per heavy atom. The Labute approximate surface area is 204 Å². The minimum atomic E-state index is -0.991. The summed E-state index contributed by atoms with van der Waals surface area (Å²) in [5.41, 5.74) is 7.34. The van der Waals surface area contributed by atoms with E-state index in [-0.39, 0.29) is 43.4 Å². The van der Waals surface area contributed by atoms with Crippen molar-refractivity contribution in [3.8, 4) is 11.5 Å². The number of hydrogen-bond donors (Lipinski definition) is 6. The molecule has 2 amide bonds. The maximum absolute atomic E-state index is 12.8. The zero-order valence-electron chi connectivity index (χ0n) is 19.0. The van der Waals surface area contributed by atoms with Crippen LogP contribution in [0.5, 0.6) is 11.5 Å². The van der Waals surface area contributed by atoms with Crippen LogP contribution in [0.1, 0.15) is 25.0 Å².